The third-order valence-electron chi connectivity index (χ3n) is 5.18. The fourth-order valence-corrected chi connectivity index (χ4v) is 4.64. The molecule has 1 saturated heterocycles. The molecule has 0 bridgehead atoms. The van der Waals surface area contributed by atoms with Crippen LogP contribution in [0.3, 0.4) is 0 Å². The van der Waals surface area contributed by atoms with E-state index in [9.17, 15) is 4.79 Å². The van der Waals surface area contributed by atoms with Crippen molar-refractivity contribution < 1.29 is 4.79 Å². The molecule has 132 valence electrons. The second-order valence-corrected chi connectivity index (χ2v) is 8.36. The molecular formula is C20H25N3OS. The summed E-state index contributed by atoms with van der Waals surface area (Å²) in [6.07, 6.45) is 4.73. The Balaban J connectivity index is 1.32. The van der Waals surface area contributed by atoms with E-state index in [1.807, 2.05) is 25.1 Å². The first kappa shape index (κ1) is 16.7. The summed E-state index contributed by atoms with van der Waals surface area (Å²) in [7, 11) is 0. The lowest BCUT2D eigenvalue weighted by Crippen LogP contribution is -2.31. The lowest BCUT2D eigenvalue weighted by molar-refractivity contribution is 0.0950. The quantitative estimate of drug-likeness (QED) is 0.865. The third-order valence-corrected chi connectivity index (χ3v) is 6.33. The molecule has 0 radical (unpaired) electrons. The van der Waals surface area contributed by atoms with Gasteiger partial charge >= 0.3 is 0 Å². The molecule has 1 atom stereocenters. The predicted octanol–water partition coefficient (Wildman–Crippen LogP) is 3.26. The molecule has 4 rings (SSSR count). The van der Waals surface area contributed by atoms with Gasteiger partial charge in [0.05, 0.1) is 10.7 Å². The zero-order valence-electron chi connectivity index (χ0n) is 14.7. The SMILES string of the molecule is Cc1nc(Cc2ccccc2)sc1C(=O)NCC1CCN(C2CC2)C1. The van der Waals surface area contributed by atoms with Crippen molar-refractivity contribution in [2.45, 2.75) is 38.6 Å². The van der Waals surface area contributed by atoms with Crippen molar-refractivity contribution in [3.8, 4) is 0 Å². The van der Waals surface area contributed by atoms with E-state index in [2.05, 4.69) is 27.3 Å². The first-order chi connectivity index (χ1) is 12.2. The smallest absolute Gasteiger partial charge is 0.263 e. The number of aryl methyl sites for hydroxylation is 1. The number of hydrogen-bond donors (Lipinski definition) is 1. The fraction of sp³-hybridized carbons (Fsp3) is 0.500. The Bertz CT molecular complexity index is 739. The number of amides is 1. The van der Waals surface area contributed by atoms with Crippen LogP contribution < -0.4 is 5.32 Å². The van der Waals surface area contributed by atoms with Gasteiger partial charge in [-0.25, -0.2) is 4.98 Å². The number of carbonyl (C=O) groups excluding carboxylic acids is 1. The van der Waals surface area contributed by atoms with E-state index in [0.29, 0.717) is 5.92 Å². The van der Waals surface area contributed by atoms with Crippen LogP contribution in [0.2, 0.25) is 0 Å². The van der Waals surface area contributed by atoms with Crippen molar-refractivity contribution in [2.75, 3.05) is 19.6 Å². The van der Waals surface area contributed by atoms with E-state index in [1.165, 1.54) is 42.7 Å². The molecule has 1 aromatic heterocycles. The first-order valence-corrected chi connectivity index (χ1v) is 10.0. The van der Waals surface area contributed by atoms with Gasteiger partial charge in [-0.2, -0.15) is 0 Å². The number of benzene rings is 1. The number of aromatic nitrogens is 1. The minimum absolute atomic E-state index is 0.0409. The highest BCUT2D eigenvalue weighted by Crippen LogP contribution is 2.31. The molecule has 1 aromatic carbocycles. The third kappa shape index (κ3) is 4.10. The van der Waals surface area contributed by atoms with E-state index in [4.69, 9.17) is 0 Å². The molecule has 2 aliphatic rings. The van der Waals surface area contributed by atoms with Crippen molar-refractivity contribution in [1.82, 2.24) is 15.2 Å². The molecular weight excluding hydrogens is 330 g/mol. The number of hydrogen-bond acceptors (Lipinski definition) is 4. The van der Waals surface area contributed by atoms with Crippen molar-refractivity contribution in [3.63, 3.8) is 0 Å². The lowest BCUT2D eigenvalue weighted by Gasteiger charge is -2.15. The number of thiazole rings is 1. The predicted molar refractivity (Wildman–Crippen MR) is 101 cm³/mol. The highest BCUT2D eigenvalue weighted by atomic mass is 32.1. The van der Waals surface area contributed by atoms with Crippen LogP contribution in [0.5, 0.6) is 0 Å². The van der Waals surface area contributed by atoms with E-state index >= 15 is 0 Å². The van der Waals surface area contributed by atoms with Gasteiger partial charge in [-0.05, 0) is 44.2 Å². The van der Waals surface area contributed by atoms with Gasteiger partial charge in [0, 0.05) is 25.6 Å². The molecule has 5 heteroatoms. The summed E-state index contributed by atoms with van der Waals surface area (Å²) >= 11 is 1.53. The van der Waals surface area contributed by atoms with E-state index in [0.717, 1.165) is 41.1 Å². The van der Waals surface area contributed by atoms with Crippen LogP contribution in [-0.4, -0.2) is 41.5 Å². The maximum absolute atomic E-state index is 12.6. The van der Waals surface area contributed by atoms with Gasteiger partial charge < -0.3 is 10.2 Å². The van der Waals surface area contributed by atoms with Gasteiger partial charge in [0.25, 0.3) is 5.91 Å². The zero-order valence-corrected chi connectivity index (χ0v) is 15.5. The van der Waals surface area contributed by atoms with Gasteiger partial charge in [-0.3, -0.25) is 4.79 Å². The highest BCUT2D eigenvalue weighted by Gasteiger charge is 2.34. The standard InChI is InChI=1S/C20H25N3OS/c1-14-19(25-18(22-14)11-15-5-3-2-4-6-15)20(24)21-12-16-9-10-23(13-16)17-7-8-17/h2-6,16-17H,7-13H2,1H3,(H,21,24). The molecule has 4 nitrogen and oxygen atoms in total. The van der Waals surface area contributed by atoms with Crippen LogP contribution in [0, 0.1) is 12.8 Å². The Morgan fingerprint density at radius 2 is 2.08 bits per heavy atom. The normalized spacial score (nSPS) is 20.8. The molecule has 1 unspecified atom stereocenters. The van der Waals surface area contributed by atoms with Crippen LogP contribution in [0.25, 0.3) is 0 Å². The summed E-state index contributed by atoms with van der Waals surface area (Å²) < 4.78 is 0. The number of nitrogens with zero attached hydrogens (tertiary/aromatic N) is 2. The summed E-state index contributed by atoms with van der Waals surface area (Å²) in [6, 6.07) is 11.1. The summed E-state index contributed by atoms with van der Waals surface area (Å²) in [5, 5.41) is 4.15. The molecule has 2 heterocycles. The number of likely N-dealkylation sites (tertiary alicyclic amines) is 1. The molecule has 1 amide bonds. The monoisotopic (exact) mass is 355 g/mol. The van der Waals surface area contributed by atoms with Crippen molar-refractivity contribution in [3.05, 3.63) is 51.5 Å². The summed E-state index contributed by atoms with van der Waals surface area (Å²) in [5.74, 6) is 0.640. The van der Waals surface area contributed by atoms with Gasteiger partial charge in [-0.15, -0.1) is 11.3 Å². The van der Waals surface area contributed by atoms with Crippen LogP contribution in [0.4, 0.5) is 0 Å². The lowest BCUT2D eigenvalue weighted by atomic mass is 10.1. The van der Waals surface area contributed by atoms with Crippen LogP contribution in [0.1, 0.15) is 45.2 Å². The summed E-state index contributed by atoms with van der Waals surface area (Å²) in [5.41, 5.74) is 2.08. The molecule has 1 aliphatic heterocycles. The Morgan fingerprint density at radius 1 is 1.28 bits per heavy atom. The Morgan fingerprint density at radius 3 is 2.84 bits per heavy atom. The second kappa shape index (κ2) is 7.26. The van der Waals surface area contributed by atoms with Gasteiger partial charge in [0.15, 0.2) is 0 Å². The maximum atomic E-state index is 12.6. The second-order valence-electron chi connectivity index (χ2n) is 7.28. The van der Waals surface area contributed by atoms with Crippen molar-refractivity contribution in [1.29, 1.82) is 0 Å². The molecule has 1 N–H and O–H groups in total. The van der Waals surface area contributed by atoms with E-state index in [1.54, 1.807) is 0 Å². The first-order valence-electron chi connectivity index (χ1n) is 9.21. The molecule has 1 saturated carbocycles. The average molecular weight is 356 g/mol. The molecule has 2 aromatic rings. The topological polar surface area (TPSA) is 45.2 Å². The maximum Gasteiger partial charge on any atom is 0.263 e. The van der Waals surface area contributed by atoms with Crippen molar-refractivity contribution >= 4 is 17.2 Å². The van der Waals surface area contributed by atoms with Crippen molar-refractivity contribution in [2.24, 2.45) is 5.92 Å². The number of carbonyl (C=O) groups is 1. The molecule has 0 spiro atoms. The largest absolute Gasteiger partial charge is 0.351 e. The van der Waals surface area contributed by atoms with Gasteiger partial charge in [0.2, 0.25) is 0 Å². The summed E-state index contributed by atoms with van der Waals surface area (Å²) in [6.45, 7) is 5.07. The minimum atomic E-state index is 0.0409. The molecule has 1 aliphatic carbocycles. The molecule has 2 fully saturated rings. The van der Waals surface area contributed by atoms with Gasteiger partial charge in [-0.1, -0.05) is 30.3 Å². The highest BCUT2D eigenvalue weighted by molar-refractivity contribution is 7.13. The van der Waals surface area contributed by atoms with E-state index in [-0.39, 0.29) is 5.91 Å². The molecule has 25 heavy (non-hydrogen) atoms. The average Bonchev–Trinajstić information content (AvgIpc) is 3.25. The summed E-state index contributed by atoms with van der Waals surface area (Å²) in [4.78, 5) is 20.5. The van der Waals surface area contributed by atoms with Crippen LogP contribution >= 0.6 is 11.3 Å². The number of rotatable bonds is 6. The van der Waals surface area contributed by atoms with Crippen LogP contribution in [0.15, 0.2) is 30.3 Å². The fourth-order valence-electron chi connectivity index (χ4n) is 3.63. The Hall–Kier alpha value is -1.72. The van der Waals surface area contributed by atoms with E-state index < -0.39 is 0 Å². The van der Waals surface area contributed by atoms with Crippen LogP contribution in [-0.2, 0) is 6.42 Å². The minimum Gasteiger partial charge on any atom is -0.351 e. The Labute approximate surface area is 153 Å². The number of nitrogens with one attached hydrogen (secondary N) is 1. The zero-order chi connectivity index (χ0) is 17.2. The van der Waals surface area contributed by atoms with Gasteiger partial charge in [0.1, 0.15) is 4.88 Å². The Kier molecular flexibility index (Phi) is 4.86.